The third-order valence-corrected chi connectivity index (χ3v) is 86.2. The first-order valence-electron chi connectivity index (χ1n) is 26.9. The third-order valence-electron chi connectivity index (χ3n) is 15.2. The van der Waals surface area contributed by atoms with Crippen molar-refractivity contribution in [3.63, 3.8) is 0 Å². The van der Waals surface area contributed by atoms with Gasteiger partial charge in [-0.05, 0) is 20.1 Å². The van der Waals surface area contributed by atoms with Crippen molar-refractivity contribution in [1.82, 2.24) is 15.8 Å². The monoisotopic (exact) mass is 1180 g/mol. The summed E-state index contributed by atoms with van der Waals surface area (Å²) in [5, 5.41) is 0. The van der Waals surface area contributed by atoms with Gasteiger partial charge in [-0.15, -0.1) is 0 Å². The van der Waals surface area contributed by atoms with Crippen LogP contribution in [0.1, 0.15) is 194 Å². The van der Waals surface area contributed by atoms with Gasteiger partial charge in [-0.25, -0.2) is 0 Å². The minimum atomic E-state index is -2.11. The summed E-state index contributed by atoms with van der Waals surface area (Å²) in [6.07, 6.45) is 0. The Morgan fingerprint density at radius 1 is 0.333 bits per heavy atom. The molecule has 0 atom stereocenters. The molecule has 0 N–H and O–H groups in total. The quantitative estimate of drug-likeness (QED) is 0.106. The SMILES string of the molecule is CCN(C)CC.CC[N](CC)[Ge]([CH](C)C)([CH](C)C)[CH](C)C.C[CH](C)[Ge]([CH](C)C)([CH](C)C)[N](C)C.C[CH](C)[Ge]([CH](C)C)([CH](C)C)[N]([Si](C)(C)C)[Si](C)(C)C.C[CH](C)[Ge]([CH](C)C)[CH](C)C. The molecule has 0 saturated heterocycles. The molecule has 0 heterocycles. The average Bonchev–Trinajstić information content (AvgIpc) is 3.06. The van der Waals surface area contributed by atoms with Crippen molar-refractivity contribution in [1.29, 1.82) is 0 Å². The van der Waals surface area contributed by atoms with E-state index in [1.54, 1.807) is 0 Å². The summed E-state index contributed by atoms with van der Waals surface area (Å²) in [4.78, 5) is 2.25. The molecule has 4 nitrogen and oxygen atoms in total. The van der Waals surface area contributed by atoms with Gasteiger partial charge in [-0.2, -0.15) is 0 Å². The second kappa shape index (κ2) is 33.9. The molecule has 0 unspecified atom stereocenters. The van der Waals surface area contributed by atoms with Gasteiger partial charge in [-0.3, -0.25) is 0 Å². The molecule has 63 heavy (non-hydrogen) atoms. The molecule has 1 radical (unpaired) electrons. The maximum atomic E-state index is 3.25. The van der Waals surface area contributed by atoms with Crippen LogP contribution in [0.3, 0.4) is 0 Å². The predicted molar refractivity (Wildman–Crippen MR) is 318 cm³/mol. The molecule has 0 saturated carbocycles. The van der Waals surface area contributed by atoms with Crippen molar-refractivity contribution in [2.45, 2.75) is 290 Å². The summed E-state index contributed by atoms with van der Waals surface area (Å²) in [5.74, 6) is 0. The number of rotatable bonds is 21. The first kappa shape index (κ1) is 74.4. The van der Waals surface area contributed by atoms with Crippen molar-refractivity contribution in [3.8, 4) is 0 Å². The normalized spacial score (nSPS) is 13.6. The first-order chi connectivity index (χ1) is 28.1. The minimum absolute atomic E-state index is 0.722. The van der Waals surface area contributed by atoms with Crippen LogP contribution in [-0.4, -0.2) is 134 Å². The Balaban J connectivity index is -0.000000232. The van der Waals surface area contributed by atoms with Gasteiger partial charge in [0.25, 0.3) is 0 Å². The van der Waals surface area contributed by atoms with Gasteiger partial charge < -0.3 is 4.90 Å². The second-order valence-electron chi connectivity index (χ2n) is 25.3. The molecule has 0 rings (SSSR count). The molecule has 0 spiro atoms. The number of hydrogen-bond acceptors (Lipinski definition) is 4. The summed E-state index contributed by atoms with van der Waals surface area (Å²) in [7, 11) is 4.16. The summed E-state index contributed by atoms with van der Waals surface area (Å²) < 4.78 is 19.7. The van der Waals surface area contributed by atoms with Crippen LogP contribution >= 0.6 is 0 Å². The van der Waals surface area contributed by atoms with Crippen LogP contribution in [0, 0.1) is 0 Å². The zero-order valence-electron chi connectivity index (χ0n) is 51.5. The zero-order chi connectivity index (χ0) is 52.1. The van der Waals surface area contributed by atoms with E-state index in [0.717, 1.165) is 70.1 Å². The van der Waals surface area contributed by atoms with E-state index in [0.29, 0.717) is 0 Å². The van der Waals surface area contributed by atoms with E-state index >= 15 is 0 Å². The molecule has 0 aliphatic rings. The Hall–Kier alpha value is 2.45. The van der Waals surface area contributed by atoms with Gasteiger partial charge >= 0.3 is 386 Å². The van der Waals surface area contributed by atoms with E-state index < -0.39 is 71.3 Å². The van der Waals surface area contributed by atoms with Crippen LogP contribution in [0.4, 0.5) is 0 Å². The van der Waals surface area contributed by atoms with Crippen LogP contribution < -0.4 is 0 Å². The van der Waals surface area contributed by atoms with Crippen molar-refractivity contribution in [2.24, 2.45) is 0 Å². The Morgan fingerprint density at radius 3 is 0.571 bits per heavy atom. The fraction of sp³-hybridized carbons (Fsp3) is 1.00. The van der Waals surface area contributed by atoms with Crippen molar-refractivity contribution in [3.05, 3.63) is 0 Å². The standard InChI is InChI=1S/C15H39GeNSi2.C13H31GeN.C11H27GeN.C9H21Ge.C5H13N/c1-13(2)16(14(3)4,15(5)6)17(18(7,8)9)19(10,11)12;1-9-15(10-2)14(11(3)4,12(5)6)13(7)8;1-9(2)12(10(3)4,11(5)6)13(7)8;1-7(2)10(8(3)4)9(5)6;1-4-6(3)5-2/h13-15H,1-12H3;11-13H,9-10H2,1-8H3;9-11H,1-8H3;7-9H,1-6H3;4-5H2,1-3H3. The Kier molecular flexibility index (Phi) is 40.1. The maximum absolute atomic E-state index is 3.25. The van der Waals surface area contributed by atoms with Gasteiger partial charge in [0.05, 0.1) is 0 Å². The van der Waals surface area contributed by atoms with Crippen LogP contribution in [0.15, 0.2) is 0 Å². The molecular formula is C53H131Ge4N4Si2. The van der Waals surface area contributed by atoms with Crippen LogP contribution in [0.2, 0.25) is 96.3 Å². The van der Waals surface area contributed by atoms with Gasteiger partial charge in [0.2, 0.25) is 0 Å². The van der Waals surface area contributed by atoms with Crippen molar-refractivity contribution < 1.29 is 0 Å². The van der Waals surface area contributed by atoms with Gasteiger partial charge in [0, 0.05) is 0 Å². The average molecular weight is 1170 g/mol. The molecule has 0 amide bonds. The summed E-state index contributed by atoms with van der Waals surface area (Å²) >= 11 is -6.57. The topological polar surface area (TPSA) is 13.0 Å². The Labute approximate surface area is 421 Å². The fourth-order valence-electron chi connectivity index (χ4n) is 14.6. The molecule has 387 valence electrons. The van der Waals surface area contributed by atoms with Crippen LogP contribution in [-0.2, 0) is 0 Å². The fourth-order valence-corrected chi connectivity index (χ4v) is 97.8. The number of hydrogen-bond donors (Lipinski definition) is 0. The van der Waals surface area contributed by atoms with E-state index in [-0.39, 0.29) is 0 Å². The molecular weight excluding hydrogens is 1040 g/mol. The van der Waals surface area contributed by atoms with E-state index in [1.807, 2.05) is 0 Å². The van der Waals surface area contributed by atoms with E-state index in [4.69, 9.17) is 0 Å². The molecule has 0 aromatic rings. The molecule has 0 aliphatic heterocycles. The Morgan fingerprint density at radius 2 is 0.540 bits per heavy atom. The summed E-state index contributed by atoms with van der Waals surface area (Å²) in [6, 6.07) is 0. The van der Waals surface area contributed by atoms with Crippen LogP contribution in [0.25, 0.3) is 0 Å². The molecule has 10 heteroatoms. The second-order valence-corrected chi connectivity index (χ2v) is 83.6. The summed E-state index contributed by atoms with van der Waals surface area (Å²) in [6.45, 7) is 88.0. The van der Waals surface area contributed by atoms with Gasteiger partial charge in [0.15, 0.2) is 0 Å². The van der Waals surface area contributed by atoms with E-state index in [1.165, 1.54) is 13.1 Å². The number of nitrogens with zero attached hydrogens (tertiary/aromatic N) is 4. The third kappa shape index (κ3) is 22.2. The Bertz CT molecular complexity index is 971. The zero-order valence-corrected chi connectivity index (χ0v) is 61.9. The van der Waals surface area contributed by atoms with Crippen molar-refractivity contribution >= 4 is 71.3 Å². The molecule has 0 aliphatic carbocycles. The first-order valence-corrected chi connectivity index (χ1v) is 51.1. The van der Waals surface area contributed by atoms with E-state index in [2.05, 4.69) is 270 Å². The van der Waals surface area contributed by atoms with Gasteiger partial charge in [-0.1, -0.05) is 13.8 Å². The molecule has 0 aromatic heterocycles. The predicted octanol–water partition coefficient (Wildman–Crippen LogP) is 19.0. The molecule has 0 fully saturated rings. The molecule has 0 aromatic carbocycles. The van der Waals surface area contributed by atoms with Gasteiger partial charge in [0.1, 0.15) is 0 Å². The van der Waals surface area contributed by atoms with E-state index in [9.17, 15) is 0 Å². The summed E-state index contributed by atoms with van der Waals surface area (Å²) in [5.41, 5.74) is 0. The molecule has 0 bridgehead atoms. The van der Waals surface area contributed by atoms with Crippen LogP contribution in [0.5, 0.6) is 0 Å². The van der Waals surface area contributed by atoms with Crippen molar-refractivity contribution in [2.75, 3.05) is 47.3 Å².